The van der Waals surface area contributed by atoms with Crippen molar-refractivity contribution in [2.75, 3.05) is 18.6 Å². The Kier molecular flexibility index (Phi) is 15.2. The predicted octanol–water partition coefficient (Wildman–Crippen LogP) is 6.46. The second kappa shape index (κ2) is 17.2. The van der Waals surface area contributed by atoms with E-state index in [1.165, 1.54) is 6.42 Å². The Morgan fingerprint density at radius 3 is 2.23 bits per heavy atom. The SMILES string of the molecule is C#Cc1ccccc1C(C(=O)NC(C)(C)C)N(CCCCCCCC)C(=O)C(CCSC)NC(=O)OC(C)(C)C. The smallest absolute Gasteiger partial charge is 0.408 e. The molecule has 0 aliphatic carbocycles. The third kappa shape index (κ3) is 13.1. The lowest BCUT2D eigenvalue weighted by atomic mass is 9.95. The van der Waals surface area contributed by atoms with E-state index in [0.29, 0.717) is 29.8 Å². The first-order valence-electron chi connectivity index (χ1n) is 14.4. The van der Waals surface area contributed by atoms with Crippen LogP contribution < -0.4 is 10.6 Å². The molecule has 2 N–H and O–H groups in total. The highest BCUT2D eigenvalue weighted by Crippen LogP contribution is 2.28. The molecule has 0 aliphatic heterocycles. The minimum atomic E-state index is -0.952. The number of carbonyl (C=O) groups is 3. The summed E-state index contributed by atoms with van der Waals surface area (Å²) in [5.41, 5.74) is -0.0940. The number of amides is 3. The van der Waals surface area contributed by atoms with Crippen LogP contribution in [-0.4, -0.2) is 58.5 Å². The summed E-state index contributed by atoms with van der Waals surface area (Å²) in [6.45, 7) is 13.6. The molecule has 1 aromatic rings. The van der Waals surface area contributed by atoms with Gasteiger partial charge in [0.05, 0.1) is 0 Å². The normalized spacial score (nSPS) is 13.1. The summed E-state index contributed by atoms with van der Waals surface area (Å²) >= 11 is 1.58. The van der Waals surface area contributed by atoms with Crippen LogP contribution in [0.4, 0.5) is 4.79 Å². The molecule has 0 heterocycles. The number of terminal acetylenes is 1. The molecule has 0 bridgehead atoms. The molecular weight excluding hydrogens is 522 g/mol. The highest BCUT2D eigenvalue weighted by atomic mass is 32.2. The summed E-state index contributed by atoms with van der Waals surface area (Å²) < 4.78 is 5.48. The van der Waals surface area contributed by atoms with Crippen molar-refractivity contribution < 1.29 is 19.1 Å². The lowest BCUT2D eigenvalue weighted by Crippen LogP contribution is -2.55. The summed E-state index contributed by atoms with van der Waals surface area (Å²) in [5.74, 6) is 2.70. The Labute approximate surface area is 246 Å². The summed E-state index contributed by atoms with van der Waals surface area (Å²) in [6, 6.07) is 5.43. The zero-order valence-corrected chi connectivity index (χ0v) is 26.7. The van der Waals surface area contributed by atoms with Crippen molar-refractivity contribution in [1.29, 1.82) is 0 Å². The van der Waals surface area contributed by atoms with Gasteiger partial charge in [0.15, 0.2) is 0 Å². The van der Waals surface area contributed by atoms with Crippen molar-refractivity contribution in [1.82, 2.24) is 15.5 Å². The number of benzene rings is 1. The number of thioether (sulfide) groups is 1. The Morgan fingerprint density at radius 1 is 1.02 bits per heavy atom. The Hall–Kier alpha value is -2.66. The number of unbranched alkanes of at least 4 members (excludes halogenated alkanes) is 5. The van der Waals surface area contributed by atoms with Crippen molar-refractivity contribution in [3.63, 3.8) is 0 Å². The highest BCUT2D eigenvalue weighted by molar-refractivity contribution is 7.98. The van der Waals surface area contributed by atoms with Crippen molar-refractivity contribution in [2.45, 2.75) is 117 Å². The fourth-order valence-electron chi connectivity index (χ4n) is 4.33. The summed E-state index contributed by atoms with van der Waals surface area (Å²) in [5, 5.41) is 5.85. The molecular formula is C32H51N3O4S. The van der Waals surface area contributed by atoms with Gasteiger partial charge in [0.1, 0.15) is 17.7 Å². The fourth-order valence-corrected chi connectivity index (χ4v) is 4.80. The van der Waals surface area contributed by atoms with Crippen molar-refractivity contribution >= 4 is 29.7 Å². The quantitative estimate of drug-likeness (QED) is 0.186. The Morgan fingerprint density at radius 2 is 1.65 bits per heavy atom. The third-order valence-corrected chi connectivity index (χ3v) is 6.75. The number of carbonyl (C=O) groups excluding carboxylic acids is 3. The van der Waals surface area contributed by atoms with E-state index < -0.39 is 29.3 Å². The molecule has 0 radical (unpaired) electrons. The van der Waals surface area contributed by atoms with Gasteiger partial charge in [-0.1, -0.05) is 63.1 Å². The van der Waals surface area contributed by atoms with Gasteiger partial charge >= 0.3 is 6.09 Å². The van der Waals surface area contributed by atoms with E-state index >= 15 is 0 Å². The number of hydrogen-bond donors (Lipinski definition) is 2. The largest absolute Gasteiger partial charge is 0.444 e. The standard InChI is InChI=1S/C32H51N3O4S/c1-10-12-13-14-15-18-22-35(29(37)26(21-23-40-9)33-30(38)39-32(6,7)8)27(28(36)34-31(3,4)5)25-20-17-16-19-24(25)11-2/h2,16-17,19-20,26-27H,10,12-15,18,21-23H2,1,3-9H3,(H,33,38)(H,34,36). The van der Waals surface area contributed by atoms with E-state index in [2.05, 4.69) is 23.5 Å². The van der Waals surface area contributed by atoms with Crippen LogP contribution in [0.25, 0.3) is 0 Å². The van der Waals surface area contributed by atoms with Gasteiger partial charge in [-0.05, 0) is 78.0 Å². The van der Waals surface area contributed by atoms with Crippen LogP contribution in [0.1, 0.15) is 111 Å². The van der Waals surface area contributed by atoms with Gasteiger partial charge in [-0.25, -0.2) is 4.79 Å². The maximum absolute atomic E-state index is 14.3. The van der Waals surface area contributed by atoms with E-state index in [1.54, 1.807) is 43.5 Å². The van der Waals surface area contributed by atoms with Gasteiger partial charge < -0.3 is 20.3 Å². The zero-order valence-electron chi connectivity index (χ0n) is 25.9. The first-order valence-corrected chi connectivity index (χ1v) is 15.8. The molecule has 224 valence electrons. The molecule has 8 heteroatoms. The molecule has 0 spiro atoms. The van der Waals surface area contributed by atoms with E-state index in [4.69, 9.17) is 11.2 Å². The minimum Gasteiger partial charge on any atom is -0.444 e. The second-order valence-electron chi connectivity index (χ2n) is 12.2. The zero-order chi connectivity index (χ0) is 30.3. The van der Waals surface area contributed by atoms with E-state index in [-0.39, 0.29) is 11.8 Å². The Bertz CT molecular complexity index is 991. The van der Waals surface area contributed by atoms with Gasteiger partial charge in [-0.15, -0.1) is 6.42 Å². The van der Waals surface area contributed by atoms with Gasteiger partial charge in [0.2, 0.25) is 11.8 Å². The number of alkyl carbamates (subject to hydrolysis) is 1. The van der Waals surface area contributed by atoms with E-state index in [9.17, 15) is 14.4 Å². The van der Waals surface area contributed by atoms with Crippen LogP contribution in [0.15, 0.2) is 24.3 Å². The fraction of sp³-hybridized carbons (Fsp3) is 0.656. The van der Waals surface area contributed by atoms with Gasteiger partial charge in [-0.3, -0.25) is 9.59 Å². The van der Waals surface area contributed by atoms with Crippen molar-refractivity contribution in [2.24, 2.45) is 0 Å². The predicted molar refractivity (Wildman–Crippen MR) is 166 cm³/mol. The molecule has 3 amide bonds. The van der Waals surface area contributed by atoms with Crippen LogP contribution in [0.3, 0.4) is 0 Å². The minimum absolute atomic E-state index is 0.310. The summed E-state index contributed by atoms with van der Waals surface area (Å²) in [4.78, 5) is 42.6. The summed E-state index contributed by atoms with van der Waals surface area (Å²) in [7, 11) is 0. The number of ether oxygens (including phenoxy) is 1. The monoisotopic (exact) mass is 573 g/mol. The van der Waals surface area contributed by atoms with Gasteiger partial charge in [-0.2, -0.15) is 11.8 Å². The number of nitrogens with one attached hydrogen (secondary N) is 2. The van der Waals surface area contributed by atoms with Crippen LogP contribution in [0.2, 0.25) is 0 Å². The maximum atomic E-state index is 14.3. The number of nitrogens with zero attached hydrogens (tertiary/aromatic N) is 1. The molecule has 1 rings (SSSR count). The molecule has 2 atom stereocenters. The first kappa shape index (κ1) is 35.4. The van der Waals surface area contributed by atoms with Gasteiger partial charge in [0, 0.05) is 17.6 Å². The molecule has 0 aromatic heterocycles. The number of rotatable bonds is 15. The first-order chi connectivity index (χ1) is 18.7. The second-order valence-corrected chi connectivity index (χ2v) is 13.1. The summed E-state index contributed by atoms with van der Waals surface area (Å²) in [6.07, 6.45) is 13.7. The van der Waals surface area contributed by atoms with Crippen molar-refractivity contribution in [3.8, 4) is 12.3 Å². The lowest BCUT2D eigenvalue weighted by Gasteiger charge is -2.36. The molecule has 0 saturated heterocycles. The molecule has 2 unspecified atom stereocenters. The highest BCUT2D eigenvalue weighted by Gasteiger charge is 2.37. The molecule has 0 saturated carbocycles. The Balaban J connectivity index is 3.54. The topological polar surface area (TPSA) is 87.7 Å². The molecule has 0 fully saturated rings. The molecule has 7 nitrogen and oxygen atoms in total. The third-order valence-electron chi connectivity index (χ3n) is 6.10. The lowest BCUT2D eigenvalue weighted by molar-refractivity contribution is -0.143. The maximum Gasteiger partial charge on any atom is 0.408 e. The number of hydrogen-bond acceptors (Lipinski definition) is 5. The van der Waals surface area contributed by atoms with Crippen LogP contribution >= 0.6 is 11.8 Å². The van der Waals surface area contributed by atoms with Gasteiger partial charge in [0.25, 0.3) is 0 Å². The van der Waals surface area contributed by atoms with E-state index in [0.717, 1.165) is 32.1 Å². The molecule has 0 aliphatic rings. The average molecular weight is 574 g/mol. The molecule has 40 heavy (non-hydrogen) atoms. The molecule has 1 aromatic carbocycles. The van der Waals surface area contributed by atoms with Crippen molar-refractivity contribution in [3.05, 3.63) is 35.4 Å². The van der Waals surface area contributed by atoms with Crippen LogP contribution in [0, 0.1) is 12.3 Å². The van der Waals surface area contributed by atoms with Crippen LogP contribution in [0.5, 0.6) is 0 Å². The van der Waals surface area contributed by atoms with Crippen LogP contribution in [-0.2, 0) is 14.3 Å². The average Bonchev–Trinajstić information content (AvgIpc) is 2.85. The van der Waals surface area contributed by atoms with E-state index in [1.807, 2.05) is 45.2 Å².